The van der Waals surface area contributed by atoms with Crippen molar-refractivity contribution in [1.82, 2.24) is 0 Å². The first-order valence-electron chi connectivity index (χ1n) is 2.79. The van der Waals surface area contributed by atoms with Gasteiger partial charge in [0.15, 0.2) is 0 Å². The lowest BCUT2D eigenvalue weighted by atomic mass is 10.0. The average Bonchev–Trinajstić information content (AvgIpc) is 2.13. The van der Waals surface area contributed by atoms with Gasteiger partial charge in [-0.1, -0.05) is 5.16 Å². The van der Waals surface area contributed by atoms with Crippen LogP contribution in [0.3, 0.4) is 0 Å². The summed E-state index contributed by atoms with van der Waals surface area (Å²) in [5.41, 5.74) is 0.198. The third kappa shape index (κ3) is 1.02. The lowest BCUT2D eigenvalue weighted by molar-refractivity contribution is 0.0425. The van der Waals surface area contributed by atoms with Gasteiger partial charge in [0, 0.05) is 6.42 Å². The molecular formula is C6H8N2O. The number of nitrogens with zero attached hydrogens (tertiary/aromatic N) is 2. The van der Waals surface area contributed by atoms with Crippen LogP contribution in [-0.2, 0) is 4.84 Å². The second kappa shape index (κ2) is 1.73. The van der Waals surface area contributed by atoms with Crippen molar-refractivity contribution in [2.75, 3.05) is 0 Å². The van der Waals surface area contributed by atoms with Gasteiger partial charge in [0.2, 0.25) is 5.60 Å². The van der Waals surface area contributed by atoms with Crippen LogP contribution >= 0.6 is 0 Å². The second-order valence-corrected chi connectivity index (χ2v) is 2.44. The van der Waals surface area contributed by atoms with Crippen LogP contribution in [0.2, 0.25) is 0 Å². The third-order valence-corrected chi connectivity index (χ3v) is 1.23. The molecule has 1 atom stereocenters. The summed E-state index contributed by atoms with van der Waals surface area (Å²) in [5, 5.41) is 12.1. The highest BCUT2D eigenvalue weighted by molar-refractivity contribution is 5.83. The van der Waals surface area contributed by atoms with Crippen molar-refractivity contribution in [2.24, 2.45) is 5.16 Å². The first-order valence-corrected chi connectivity index (χ1v) is 2.79. The van der Waals surface area contributed by atoms with Gasteiger partial charge in [0.1, 0.15) is 6.07 Å². The summed E-state index contributed by atoms with van der Waals surface area (Å²) in [4.78, 5) is 4.83. The summed E-state index contributed by atoms with van der Waals surface area (Å²) in [5.74, 6) is 0. The van der Waals surface area contributed by atoms with E-state index in [-0.39, 0.29) is 0 Å². The molecule has 0 radical (unpaired) electrons. The maximum absolute atomic E-state index is 8.49. The molecule has 0 amide bonds. The van der Waals surface area contributed by atoms with E-state index in [0.29, 0.717) is 6.42 Å². The van der Waals surface area contributed by atoms with Gasteiger partial charge in [-0.3, -0.25) is 0 Å². The van der Waals surface area contributed by atoms with Crippen molar-refractivity contribution in [3.8, 4) is 6.07 Å². The molecule has 0 N–H and O–H groups in total. The largest absolute Gasteiger partial charge is 0.374 e. The SMILES string of the molecule is CC1=NO[C@](C)(C#N)C1. The minimum Gasteiger partial charge on any atom is -0.374 e. The molecule has 0 saturated carbocycles. The smallest absolute Gasteiger partial charge is 0.224 e. The molecule has 0 spiro atoms. The Morgan fingerprint density at radius 2 is 2.56 bits per heavy atom. The first kappa shape index (κ1) is 6.09. The maximum atomic E-state index is 8.49. The molecule has 0 fully saturated rings. The van der Waals surface area contributed by atoms with Crippen LogP contribution in [0.1, 0.15) is 20.3 Å². The fourth-order valence-corrected chi connectivity index (χ4v) is 0.791. The van der Waals surface area contributed by atoms with Gasteiger partial charge in [0.25, 0.3) is 0 Å². The highest BCUT2D eigenvalue weighted by Crippen LogP contribution is 2.21. The Balaban J connectivity index is 2.67. The van der Waals surface area contributed by atoms with Gasteiger partial charge in [0.05, 0.1) is 5.71 Å². The van der Waals surface area contributed by atoms with Crippen LogP contribution in [0.4, 0.5) is 0 Å². The Morgan fingerprint density at radius 1 is 1.89 bits per heavy atom. The Labute approximate surface area is 53.9 Å². The zero-order valence-electron chi connectivity index (χ0n) is 5.51. The lowest BCUT2D eigenvalue weighted by Gasteiger charge is -2.08. The van der Waals surface area contributed by atoms with Gasteiger partial charge in [-0.15, -0.1) is 0 Å². The van der Waals surface area contributed by atoms with Crippen molar-refractivity contribution in [3.63, 3.8) is 0 Å². The maximum Gasteiger partial charge on any atom is 0.224 e. The van der Waals surface area contributed by atoms with Crippen LogP contribution in [0, 0.1) is 11.3 Å². The van der Waals surface area contributed by atoms with Crippen LogP contribution < -0.4 is 0 Å². The van der Waals surface area contributed by atoms with E-state index in [0.717, 1.165) is 5.71 Å². The topological polar surface area (TPSA) is 45.4 Å². The van der Waals surface area contributed by atoms with E-state index in [4.69, 9.17) is 10.1 Å². The Morgan fingerprint density at radius 3 is 2.78 bits per heavy atom. The van der Waals surface area contributed by atoms with Crippen LogP contribution in [0.15, 0.2) is 5.16 Å². The third-order valence-electron chi connectivity index (χ3n) is 1.23. The molecule has 1 rings (SSSR count). The molecule has 1 aliphatic heterocycles. The van der Waals surface area contributed by atoms with Gasteiger partial charge in [-0.25, -0.2) is 0 Å². The van der Waals surface area contributed by atoms with Crippen molar-refractivity contribution >= 4 is 5.71 Å². The van der Waals surface area contributed by atoms with E-state index in [2.05, 4.69) is 5.16 Å². The molecule has 3 nitrogen and oxygen atoms in total. The van der Waals surface area contributed by atoms with Crippen molar-refractivity contribution < 1.29 is 4.84 Å². The molecule has 0 bridgehead atoms. The molecule has 48 valence electrons. The van der Waals surface area contributed by atoms with E-state index >= 15 is 0 Å². The molecule has 1 aliphatic rings. The first-order chi connectivity index (χ1) is 4.16. The highest BCUT2D eigenvalue weighted by Gasteiger charge is 2.31. The van der Waals surface area contributed by atoms with Crippen LogP contribution in [0.5, 0.6) is 0 Å². The van der Waals surface area contributed by atoms with E-state index in [1.165, 1.54) is 0 Å². The predicted molar refractivity (Wildman–Crippen MR) is 32.8 cm³/mol. The van der Waals surface area contributed by atoms with Gasteiger partial charge in [-0.2, -0.15) is 5.26 Å². The van der Waals surface area contributed by atoms with Gasteiger partial charge in [-0.05, 0) is 13.8 Å². The number of rotatable bonds is 0. The number of hydrogen-bond donors (Lipinski definition) is 0. The normalized spacial score (nSPS) is 32.8. The van der Waals surface area contributed by atoms with Crippen LogP contribution in [-0.4, -0.2) is 11.3 Å². The fourth-order valence-electron chi connectivity index (χ4n) is 0.791. The molecular weight excluding hydrogens is 116 g/mol. The van der Waals surface area contributed by atoms with Crippen molar-refractivity contribution in [3.05, 3.63) is 0 Å². The summed E-state index contributed by atoms with van der Waals surface area (Å²) in [6.45, 7) is 3.58. The number of nitriles is 1. The zero-order chi connectivity index (χ0) is 6.91. The second-order valence-electron chi connectivity index (χ2n) is 2.44. The van der Waals surface area contributed by atoms with E-state index in [1.54, 1.807) is 6.92 Å². The van der Waals surface area contributed by atoms with Crippen molar-refractivity contribution in [1.29, 1.82) is 5.26 Å². The molecule has 0 unspecified atom stereocenters. The molecule has 9 heavy (non-hydrogen) atoms. The van der Waals surface area contributed by atoms with Gasteiger partial charge < -0.3 is 4.84 Å². The minimum atomic E-state index is -0.690. The average molecular weight is 124 g/mol. The molecule has 3 heteroatoms. The number of oxime groups is 1. The fraction of sp³-hybridized carbons (Fsp3) is 0.667. The molecule has 0 aromatic heterocycles. The standard InChI is InChI=1S/C6H8N2O/c1-5-3-6(2,4-7)9-8-5/h3H2,1-2H3/t6-/m0/s1. The summed E-state index contributed by atoms with van der Waals surface area (Å²) < 4.78 is 0. The zero-order valence-corrected chi connectivity index (χ0v) is 5.51. The molecule has 0 aromatic carbocycles. The van der Waals surface area contributed by atoms with Crippen molar-refractivity contribution in [2.45, 2.75) is 25.9 Å². The van der Waals surface area contributed by atoms with Crippen LogP contribution in [0.25, 0.3) is 0 Å². The summed E-state index contributed by atoms with van der Waals surface area (Å²) in [6, 6.07) is 2.03. The summed E-state index contributed by atoms with van der Waals surface area (Å²) >= 11 is 0. The summed E-state index contributed by atoms with van der Waals surface area (Å²) in [6.07, 6.45) is 0.628. The molecule has 0 aliphatic carbocycles. The Bertz CT molecular complexity index is 192. The van der Waals surface area contributed by atoms with E-state index < -0.39 is 5.60 Å². The molecule has 1 heterocycles. The molecule has 0 aromatic rings. The highest BCUT2D eigenvalue weighted by atomic mass is 16.7. The lowest BCUT2D eigenvalue weighted by Crippen LogP contribution is -2.20. The Kier molecular flexibility index (Phi) is 1.17. The molecule has 0 saturated heterocycles. The quantitative estimate of drug-likeness (QED) is 0.484. The van der Waals surface area contributed by atoms with E-state index in [1.807, 2.05) is 13.0 Å². The number of hydrogen-bond acceptors (Lipinski definition) is 3. The Hall–Kier alpha value is -1.04. The minimum absolute atomic E-state index is 0.628. The van der Waals surface area contributed by atoms with Gasteiger partial charge >= 0.3 is 0 Å². The summed E-state index contributed by atoms with van der Waals surface area (Å²) in [7, 11) is 0. The monoisotopic (exact) mass is 124 g/mol. The van der Waals surface area contributed by atoms with E-state index in [9.17, 15) is 0 Å². The predicted octanol–water partition coefficient (Wildman–Crippen LogP) is 1.06.